The molecular weight excluding hydrogens is 230 g/mol. The van der Waals surface area contributed by atoms with E-state index in [1.54, 1.807) is 4.72 Å². The first-order valence-corrected chi connectivity index (χ1v) is 7.20. The average molecular weight is 247 g/mol. The number of ketones is 1. The predicted molar refractivity (Wildman–Crippen MR) is 59.2 cm³/mol. The van der Waals surface area contributed by atoms with Gasteiger partial charge >= 0.3 is 5.91 Å². The molecule has 0 unspecified atom stereocenters. The van der Waals surface area contributed by atoms with Gasteiger partial charge in [0.25, 0.3) is 0 Å². The van der Waals surface area contributed by atoms with E-state index >= 15 is 0 Å². The number of carbonyl (C=O) groups excluding carboxylic acids is 2. The van der Waals surface area contributed by atoms with Crippen LogP contribution in [0, 0.1) is 5.92 Å². The first-order valence-electron chi connectivity index (χ1n) is 5.55. The quantitative estimate of drug-likeness (QED) is 0.738. The first kappa shape index (κ1) is 13.2. The first-order chi connectivity index (χ1) is 7.46. The van der Waals surface area contributed by atoms with Gasteiger partial charge in [0.05, 0.1) is 5.75 Å². The monoisotopic (exact) mass is 247 g/mol. The molecule has 0 heterocycles. The highest BCUT2D eigenvalue weighted by Crippen LogP contribution is 2.24. The fourth-order valence-electron chi connectivity index (χ4n) is 1.81. The van der Waals surface area contributed by atoms with E-state index in [0.717, 1.165) is 19.3 Å². The predicted octanol–water partition coefficient (Wildman–Crippen LogP) is 0.602. The van der Waals surface area contributed by atoms with Crippen molar-refractivity contribution in [2.24, 2.45) is 5.92 Å². The van der Waals surface area contributed by atoms with Crippen molar-refractivity contribution in [1.82, 2.24) is 4.72 Å². The summed E-state index contributed by atoms with van der Waals surface area (Å²) in [7, 11) is -3.62. The van der Waals surface area contributed by atoms with Gasteiger partial charge in [-0.2, -0.15) is 0 Å². The van der Waals surface area contributed by atoms with E-state index in [1.807, 2.05) is 0 Å². The normalized spacial score (nSPS) is 18.1. The molecule has 1 aliphatic rings. The topological polar surface area (TPSA) is 80.3 Å². The van der Waals surface area contributed by atoms with Crippen LogP contribution in [0.5, 0.6) is 0 Å². The molecule has 1 N–H and O–H groups in total. The van der Waals surface area contributed by atoms with E-state index < -0.39 is 21.7 Å². The van der Waals surface area contributed by atoms with Gasteiger partial charge in [-0.05, 0) is 19.8 Å². The van der Waals surface area contributed by atoms with E-state index in [4.69, 9.17) is 0 Å². The molecule has 1 amide bonds. The fraction of sp³-hybridized carbons (Fsp3) is 0.800. The lowest BCUT2D eigenvalue weighted by Gasteiger charge is -2.19. The lowest BCUT2D eigenvalue weighted by molar-refractivity contribution is -0.139. The SMILES string of the molecule is CCS(=O)(=O)NC(=O)C(=O)C1CCCCC1. The average Bonchev–Trinajstić information content (AvgIpc) is 2.28. The number of amides is 1. The van der Waals surface area contributed by atoms with Crippen LogP contribution in [0.1, 0.15) is 39.0 Å². The van der Waals surface area contributed by atoms with Crippen LogP contribution in [0.3, 0.4) is 0 Å². The standard InChI is InChI=1S/C10H17NO4S/c1-2-16(14,15)11-10(13)9(12)8-6-4-3-5-7-8/h8H,2-7H2,1H3,(H,11,13). The summed E-state index contributed by atoms with van der Waals surface area (Å²) < 4.78 is 24.0. The Kier molecular flexibility index (Phi) is 4.46. The number of hydrogen-bond acceptors (Lipinski definition) is 4. The maximum Gasteiger partial charge on any atom is 0.301 e. The minimum Gasteiger partial charge on any atom is -0.288 e. The number of sulfonamides is 1. The van der Waals surface area contributed by atoms with Gasteiger partial charge in [0, 0.05) is 5.92 Å². The van der Waals surface area contributed by atoms with Crippen molar-refractivity contribution in [2.75, 3.05) is 5.75 Å². The van der Waals surface area contributed by atoms with Gasteiger partial charge in [-0.25, -0.2) is 13.1 Å². The van der Waals surface area contributed by atoms with Gasteiger partial charge in [0.15, 0.2) is 0 Å². The smallest absolute Gasteiger partial charge is 0.288 e. The Labute approximate surface area is 95.7 Å². The molecule has 0 aromatic rings. The van der Waals surface area contributed by atoms with E-state index in [-0.39, 0.29) is 11.7 Å². The van der Waals surface area contributed by atoms with Crippen molar-refractivity contribution in [3.63, 3.8) is 0 Å². The van der Waals surface area contributed by atoms with Crippen LogP contribution < -0.4 is 4.72 Å². The largest absolute Gasteiger partial charge is 0.301 e. The molecule has 0 atom stereocenters. The van der Waals surface area contributed by atoms with Crippen molar-refractivity contribution in [1.29, 1.82) is 0 Å². The second-order valence-corrected chi connectivity index (χ2v) is 6.04. The van der Waals surface area contributed by atoms with Crippen LogP contribution in [0.25, 0.3) is 0 Å². The van der Waals surface area contributed by atoms with E-state index in [0.29, 0.717) is 12.8 Å². The third-order valence-corrected chi connectivity index (χ3v) is 4.08. The van der Waals surface area contributed by atoms with Crippen molar-refractivity contribution in [3.8, 4) is 0 Å². The molecule has 1 saturated carbocycles. The molecule has 0 aliphatic heterocycles. The van der Waals surface area contributed by atoms with Gasteiger partial charge in [0.1, 0.15) is 0 Å². The maximum absolute atomic E-state index is 11.6. The van der Waals surface area contributed by atoms with Crippen LogP contribution in [-0.2, 0) is 19.6 Å². The van der Waals surface area contributed by atoms with Crippen molar-refractivity contribution in [3.05, 3.63) is 0 Å². The van der Waals surface area contributed by atoms with Crippen LogP contribution >= 0.6 is 0 Å². The zero-order chi connectivity index (χ0) is 12.2. The molecule has 0 spiro atoms. The molecule has 0 aromatic heterocycles. The van der Waals surface area contributed by atoms with E-state index in [9.17, 15) is 18.0 Å². The lowest BCUT2D eigenvalue weighted by Crippen LogP contribution is -2.40. The second kappa shape index (κ2) is 5.43. The number of carbonyl (C=O) groups is 2. The zero-order valence-electron chi connectivity index (χ0n) is 9.36. The molecule has 0 bridgehead atoms. The van der Waals surface area contributed by atoms with E-state index in [2.05, 4.69) is 0 Å². The highest BCUT2D eigenvalue weighted by Gasteiger charge is 2.28. The van der Waals surface area contributed by atoms with Crippen molar-refractivity contribution < 1.29 is 18.0 Å². The minimum absolute atomic E-state index is 0.198. The molecule has 0 radical (unpaired) electrons. The Morgan fingerprint density at radius 3 is 2.25 bits per heavy atom. The molecule has 16 heavy (non-hydrogen) atoms. The van der Waals surface area contributed by atoms with Gasteiger partial charge in [-0.1, -0.05) is 19.3 Å². The molecule has 1 fully saturated rings. The summed E-state index contributed by atoms with van der Waals surface area (Å²) in [6.07, 6.45) is 4.34. The Bertz CT molecular complexity index is 368. The summed E-state index contributed by atoms with van der Waals surface area (Å²) in [5.41, 5.74) is 0. The Morgan fingerprint density at radius 1 is 1.19 bits per heavy atom. The summed E-state index contributed by atoms with van der Waals surface area (Å²) in [6, 6.07) is 0. The summed E-state index contributed by atoms with van der Waals surface area (Å²) in [5.74, 6) is -2.05. The number of rotatable bonds is 4. The van der Waals surface area contributed by atoms with Gasteiger partial charge in [-0.15, -0.1) is 0 Å². The van der Waals surface area contributed by atoms with Crippen LogP contribution in [-0.4, -0.2) is 25.9 Å². The molecule has 0 saturated heterocycles. The molecule has 0 aromatic carbocycles. The second-order valence-electron chi connectivity index (χ2n) is 4.03. The third-order valence-electron chi connectivity index (χ3n) is 2.83. The Morgan fingerprint density at radius 2 is 1.75 bits per heavy atom. The number of hydrogen-bond donors (Lipinski definition) is 1. The summed E-state index contributed by atoms with van der Waals surface area (Å²) in [6.45, 7) is 1.42. The Balaban J connectivity index is 2.57. The maximum atomic E-state index is 11.6. The number of Topliss-reactive ketones (excluding diaryl/α,β-unsaturated/α-hetero) is 1. The molecule has 92 valence electrons. The zero-order valence-corrected chi connectivity index (χ0v) is 10.2. The fourth-order valence-corrected chi connectivity index (χ4v) is 2.34. The lowest BCUT2D eigenvalue weighted by atomic mass is 9.86. The van der Waals surface area contributed by atoms with Crippen LogP contribution in [0.2, 0.25) is 0 Å². The molecule has 6 heteroatoms. The Hall–Kier alpha value is -0.910. The molecule has 5 nitrogen and oxygen atoms in total. The highest BCUT2D eigenvalue weighted by molar-refractivity contribution is 7.90. The summed E-state index contributed by atoms with van der Waals surface area (Å²) in [4.78, 5) is 23.0. The van der Waals surface area contributed by atoms with Gasteiger partial charge in [0.2, 0.25) is 15.8 Å². The van der Waals surface area contributed by atoms with E-state index in [1.165, 1.54) is 6.92 Å². The minimum atomic E-state index is -3.62. The van der Waals surface area contributed by atoms with Crippen molar-refractivity contribution in [2.45, 2.75) is 39.0 Å². The third kappa shape index (κ3) is 3.59. The van der Waals surface area contributed by atoms with Crippen LogP contribution in [0.15, 0.2) is 0 Å². The molecular formula is C10H17NO4S. The summed E-state index contributed by atoms with van der Waals surface area (Å²) >= 11 is 0. The number of nitrogens with one attached hydrogen (secondary N) is 1. The summed E-state index contributed by atoms with van der Waals surface area (Å²) in [5, 5.41) is 0. The molecule has 1 rings (SSSR count). The molecule has 1 aliphatic carbocycles. The van der Waals surface area contributed by atoms with Gasteiger partial charge in [-0.3, -0.25) is 9.59 Å². The van der Waals surface area contributed by atoms with Crippen molar-refractivity contribution >= 4 is 21.7 Å². The van der Waals surface area contributed by atoms with Gasteiger partial charge < -0.3 is 0 Å². The highest BCUT2D eigenvalue weighted by atomic mass is 32.2. The van der Waals surface area contributed by atoms with Crippen LogP contribution in [0.4, 0.5) is 0 Å².